The van der Waals surface area contributed by atoms with E-state index in [9.17, 15) is 0 Å². The first kappa shape index (κ1) is 11.4. The van der Waals surface area contributed by atoms with Crippen LogP contribution < -0.4 is 5.32 Å². The molecule has 1 aromatic carbocycles. The summed E-state index contributed by atoms with van der Waals surface area (Å²) in [7, 11) is 0. The molecule has 0 heterocycles. The maximum Gasteiger partial charge on any atom is 0.0343 e. The zero-order chi connectivity index (χ0) is 10.4. The van der Waals surface area contributed by atoms with Crippen LogP contribution in [-0.2, 0) is 0 Å². The molecule has 0 amide bonds. The third kappa shape index (κ3) is 4.56. The minimum absolute atomic E-state index is 0.731. The van der Waals surface area contributed by atoms with Crippen molar-refractivity contribution in [2.75, 3.05) is 17.6 Å². The van der Waals surface area contributed by atoms with Gasteiger partial charge < -0.3 is 5.32 Å². The van der Waals surface area contributed by atoms with Gasteiger partial charge in [0.2, 0.25) is 0 Å². The summed E-state index contributed by atoms with van der Waals surface area (Å²) < 4.78 is 0. The average Bonchev–Trinajstić information content (AvgIpc) is 2.12. The molecule has 1 nitrogen and oxygen atoms in total. The molecular weight excluding hydrogens is 190 g/mol. The highest BCUT2D eigenvalue weighted by atomic mass is 32.2. The fourth-order valence-electron chi connectivity index (χ4n) is 1.25. The van der Waals surface area contributed by atoms with Gasteiger partial charge in [-0.05, 0) is 29.9 Å². The van der Waals surface area contributed by atoms with E-state index >= 15 is 0 Å². The molecule has 1 rings (SSSR count). The van der Waals surface area contributed by atoms with Crippen LogP contribution in [0.2, 0.25) is 0 Å². The summed E-state index contributed by atoms with van der Waals surface area (Å²) in [5.41, 5.74) is 2.54. The maximum absolute atomic E-state index is 3.42. The Morgan fingerprint density at radius 3 is 2.79 bits per heavy atom. The SMILES string of the molecule is Cc1cccc(NCCSC(C)C)c1. The first-order chi connectivity index (χ1) is 6.68. The van der Waals surface area contributed by atoms with E-state index in [1.54, 1.807) is 0 Å². The van der Waals surface area contributed by atoms with Crippen molar-refractivity contribution < 1.29 is 0 Å². The maximum atomic E-state index is 3.42. The van der Waals surface area contributed by atoms with Crippen molar-refractivity contribution >= 4 is 17.4 Å². The van der Waals surface area contributed by atoms with Gasteiger partial charge in [0.15, 0.2) is 0 Å². The second kappa shape index (κ2) is 5.97. The molecule has 1 N–H and O–H groups in total. The lowest BCUT2D eigenvalue weighted by molar-refractivity contribution is 1.10. The first-order valence-electron chi connectivity index (χ1n) is 5.10. The number of anilines is 1. The van der Waals surface area contributed by atoms with Crippen LogP contribution in [0.15, 0.2) is 24.3 Å². The molecule has 0 saturated heterocycles. The number of hydrogen-bond acceptors (Lipinski definition) is 2. The molecule has 2 heteroatoms. The lowest BCUT2D eigenvalue weighted by Gasteiger charge is -2.08. The highest BCUT2D eigenvalue weighted by molar-refractivity contribution is 7.99. The van der Waals surface area contributed by atoms with E-state index in [0.29, 0.717) is 0 Å². The van der Waals surface area contributed by atoms with E-state index in [2.05, 4.69) is 50.4 Å². The molecular formula is C12H19NS. The number of rotatable bonds is 5. The van der Waals surface area contributed by atoms with Crippen LogP contribution in [0.25, 0.3) is 0 Å². The smallest absolute Gasteiger partial charge is 0.0343 e. The third-order valence-electron chi connectivity index (χ3n) is 1.90. The Morgan fingerprint density at radius 2 is 2.14 bits per heavy atom. The van der Waals surface area contributed by atoms with Gasteiger partial charge in [-0.25, -0.2) is 0 Å². The normalized spacial score (nSPS) is 10.6. The van der Waals surface area contributed by atoms with Crippen LogP contribution in [0.1, 0.15) is 19.4 Å². The minimum atomic E-state index is 0.731. The van der Waals surface area contributed by atoms with Gasteiger partial charge >= 0.3 is 0 Å². The van der Waals surface area contributed by atoms with Crippen LogP contribution in [0.3, 0.4) is 0 Å². The van der Waals surface area contributed by atoms with Crippen molar-refractivity contribution in [1.29, 1.82) is 0 Å². The Bertz CT molecular complexity index is 271. The molecule has 14 heavy (non-hydrogen) atoms. The van der Waals surface area contributed by atoms with Crippen molar-refractivity contribution in [2.45, 2.75) is 26.0 Å². The lowest BCUT2D eigenvalue weighted by Crippen LogP contribution is -2.05. The van der Waals surface area contributed by atoms with Gasteiger partial charge in [0.05, 0.1) is 0 Å². The van der Waals surface area contributed by atoms with Crippen molar-refractivity contribution in [3.8, 4) is 0 Å². The van der Waals surface area contributed by atoms with Gasteiger partial charge in [0.25, 0.3) is 0 Å². The minimum Gasteiger partial charge on any atom is -0.384 e. The van der Waals surface area contributed by atoms with E-state index in [1.165, 1.54) is 17.0 Å². The summed E-state index contributed by atoms with van der Waals surface area (Å²) >= 11 is 1.99. The van der Waals surface area contributed by atoms with Crippen molar-refractivity contribution in [2.24, 2.45) is 0 Å². The fourth-order valence-corrected chi connectivity index (χ4v) is 1.94. The number of thioether (sulfide) groups is 1. The summed E-state index contributed by atoms with van der Waals surface area (Å²) in [5, 5.41) is 4.15. The standard InChI is InChI=1S/C12H19NS/c1-10(2)14-8-7-13-12-6-4-5-11(3)9-12/h4-6,9-10,13H,7-8H2,1-3H3. The van der Waals surface area contributed by atoms with Gasteiger partial charge in [-0.2, -0.15) is 11.8 Å². The van der Waals surface area contributed by atoms with Crippen LogP contribution in [0.5, 0.6) is 0 Å². The average molecular weight is 209 g/mol. The van der Waals surface area contributed by atoms with Crippen LogP contribution in [-0.4, -0.2) is 17.5 Å². The van der Waals surface area contributed by atoms with Crippen molar-refractivity contribution in [3.05, 3.63) is 29.8 Å². The summed E-state index contributed by atoms with van der Waals surface area (Å²) in [6.07, 6.45) is 0. The monoisotopic (exact) mass is 209 g/mol. The van der Waals surface area contributed by atoms with Crippen molar-refractivity contribution in [3.63, 3.8) is 0 Å². The van der Waals surface area contributed by atoms with E-state index in [-0.39, 0.29) is 0 Å². The van der Waals surface area contributed by atoms with Crippen LogP contribution in [0, 0.1) is 6.92 Å². The molecule has 1 aromatic rings. The Morgan fingerprint density at radius 1 is 1.36 bits per heavy atom. The molecule has 0 saturated carbocycles. The topological polar surface area (TPSA) is 12.0 Å². The molecule has 78 valence electrons. The fraction of sp³-hybridized carbons (Fsp3) is 0.500. The summed E-state index contributed by atoms with van der Waals surface area (Å²) in [6.45, 7) is 7.63. The predicted octanol–water partition coefficient (Wildman–Crippen LogP) is 3.55. The predicted molar refractivity (Wildman–Crippen MR) is 67.3 cm³/mol. The quantitative estimate of drug-likeness (QED) is 0.744. The highest BCUT2D eigenvalue weighted by Gasteiger charge is 1.94. The molecule has 0 aliphatic rings. The molecule has 0 unspecified atom stereocenters. The summed E-state index contributed by atoms with van der Waals surface area (Å²) in [4.78, 5) is 0. The Hall–Kier alpha value is -0.630. The van der Waals surface area contributed by atoms with Crippen LogP contribution in [0.4, 0.5) is 5.69 Å². The van der Waals surface area contributed by atoms with E-state index in [0.717, 1.165) is 11.8 Å². The van der Waals surface area contributed by atoms with E-state index < -0.39 is 0 Å². The van der Waals surface area contributed by atoms with Gasteiger partial charge in [-0.15, -0.1) is 0 Å². The Balaban J connectivity index is 2.25. The van der Waals surface area contributed by atoms with Crippen LogP contribution >= 0.6 is 11.8 Å². The first-order valence-corrected chi connectivity index (χ1v) is 6.15. The number of nitrogens with one attached hydrogen (secondary N) is 1. The van der Waals surface area contributed by atoms with E-state index in [4.69, 9.17) is 0 Å². The molecule has 0 aromatic heterocycles. The van der Waals surface area contributed by atoms with E-state index in [1.807, 2.05) is 11.8 Å². The second-order valence-electron chi connectivity index (χ2n) is 3.72. The molecule has 0 atom stereocenters. The zero-order valence-electron chi connectivity index (χ0n) is 9.21. The molecule has 0 fully saturated rings. The Labute approximate surface area is 91.3 Å². The zero-order valence-corrected chi connectivity index (χ0v) is 10.0. The third-order valence-corrected chi connectivity index (χ3v) is 3.01. The Kier molecular flexibility index (Phi) is 4.88. The molecule has 0 spiro atoms. The molecule has 0 bridgehead atoms. The second-order valence-corrected chi connectivity index (χ2v) is 5.40. The van der Waals surface area contributed by atoms with Gasteiger partial charge in [-0.1, -0.05) is 26.0 Å². The largest absolute Gasteiger partial charge is 0.384 e. The lowest BCUT2D eigenvalue weighted by atomic mass is 10.2. The number of benzene rings is 1. The molecule has 0 aliphatic carbocycles. The van der Waals surface area contributed by atoms with Crippen molar-refractivity contribution in [1.82, 2.24) is 0 Å². The number of hydrogen-bond donors (Lipinski definition) is 1. The molecule has 0 aliphatic heterocycles. The summed E-state index contributed by atoms with van der Waals surface area (Å²) in [6, 6.07) is 8.51. The number of aryl methyl sites for hydroxylation is 1. The highest BCUT2D eigenvalue weighted by Crippen LogP contribution is 2.11. The summed E-state index contributed by atoms with van der Waals surface area (Å²) in [5.74, 6) is 1.17. The molecule has 0 radical (unpaired) electrons. The van der Waals surface area contributed by atoms with Gasteiger partial charge in [0.1, 0.15) is 0 Å². The van der Waals surface area contributed by atoms with Gasteiger partial charge in [-0.3, -0.25) is 0 Å². The van der Waals surface area contributed by atoms with Gasteiger partial charge in [0, 0.05) is 18.0 Å².